The summed E-state index contributed by atoms with van der Waals surface area (Å²) in [6.07, 6.45) is 0.476. The van der Waals surface area contributed by atoms with E-state index < -0.39 is 6.43 Å². The van der Waals surface area contributed by atoms with Crippen molar-refractivity contribution in [2.75, 3.05) is 33.3 Å². The van der Waals surface area contributed by atoms with Crippen LogP contribution in [0.4, 0.5) is 8.78 Å². The number of amides is 2. The fraction of sp³-hybridized carbons (Fsp3) is 0.920. The average molecular weight is 564 g/mol. The molecule has 4 saturated heterocycles. The highest BCUT2D eigenvalue weighted by Gasteiger charge is 2.48. The number of carbonyl (C=O) groups excluding carboxylic acids is 2. The molecule has 4 heterocycles. The van der Waals surface area contributed by atoms with Crippen LogP contribution >= 0.6 is 23.4 Å². The second-order valence-corrected chi connectivity index (χ2v) is 13.5. The Morgan fingerprint density at radius 3 is 2.62 bits per heavy atom. The lowest BCUT2D eigenvalue weighted by Crippen LogP contribution is -2.57. The van der Waals surface area contributed by atoms with Crippen molar-refractivity contribution in [2.45, 2.75) is 79.9 Å². The van der Waals surface area contributed by atoms with Crippen molar-refractivity contribution >= 4 is 35.2 Å². The highest BCUT2D eigenvalue weighted by Crippen LogP contribution is 2.41. The van der Waals surface area contributed by atoms with Gasteiger partial charge in [0.1, 0.15) is 5.50 Å². The molecular formula is C25H40ClF2N5O3S. The fourth-order valence-electron chi connectivity index (χ4n) is 7.09. The second-order valence-electron chi connectivity index (χ2n) is 11.6. The third-order valence-corrected chi connectivity index (χ3v) is 10.8. The largest absolute Gasteiger partial charge is 0.380 e. The summed E-state index contributed by atoms with van der Waals surface area (Å²) in [5.41, 5.74) is -0.302. The van der Waals surface area contributed by atoms with Crippen molar-refractivity contribution in [1.29, 1.82) is 0 Å². The van der Waals surface area contributed by atoms with E-state index in [1.807, 2.05) is 4.90 Å². The van der Waals surface area contributed by atoms with Gasteiger partial charge in [0.25, 0.3) is 0 Å². The molecule has 37 heavy (non-hydrogen) atoms. The van der Waals surface area contributed by atoms with Gasteiger partial charge in [-0.2, -0.15) is 0 Å². The van der Waals surface area contributed by atoms with Gasteiger partial charge in [0.15, 0.2) is 0 Å². The van der Waals surface area contributed by atoms with Gasteiger partial charge in [-0.1, -0.05) is 0 Å². The fourth-order valence-corrected chi connectivity index (χ4v) is 8.79. The molecule has 0 radical (unpaired) electrons. The van der Waals surface area contributed by atoms with Crippen molar-refractivity contribution in [3.63, 3.8) is 0 Å². The quantitative estimate of drug-likeness (QED) is 0.277. The number of likely N-dealkylation sites (tertiary alicyclic amines) is 1. The number of ether oxygens (including phenoxy) is 1. The van der Waals surface area contributed by atoms with E-state index in [0.717, 1.165) is 12.8 Å². The molecule has 12 heteroatoms. The number of carbonyl (C=O) groups is 2. The number of alkyl halides is 3. The van der Waals surface area contributed by atoms with Gasteiger partial charge in [0.05, 0.1) is 17.5 Å². The first-order valence-electron chi connectivity index (χ1n) is 13.6. The number of thioether (sulfide) groups is 1. The Balaban J connectivity index is 1.12. The van der Waals surface area contributed by atoms with Crippen LogP contribution in [0.2, 0.25) is 0 Å². The molecule has 9 unspecified atom stereocenters. The zero-order valence-corrected chi connectivity index (χ0v) is 23.1. The van der Waals surface area contributed by atoms with Crippen molar-refractivity contribution < 1.29 is 23.1 Å². The standard InChI is InChI=1S/C25H40ClF2N5O3S/c1-12-3-15(16-7-21(26)30-9-19(16)36-2)17(8-29-12)23(34)32-25-31-18-10-33(11-20(18)37-25)24(35)14-4-13(5-14)6-22(27)28/h12-22,25,29-31H,3-11H2,1-2H3,(H,32,34). The Labute approximate surface area is 227 Å². The lowest BCUT2D eigenvalue weighted by molar-refractivity contribution is -0.139. The summed E-state index contributed by atoms with van der Waals surface area (Å²) in [5.74, 6) is 0.232. The molecule has 9 atom stereocenters. The molecular weight excluding hydrogens is 524 g/mol. The Morgan fingerprint density at radius 1 is 1.14 bits per heavy atom. The molecule has 5 fully saturated rings. The van der Waals surface area contributed by atoms with E-state index in [-0.39, 0.29) is 76.2 Å². The first-order valence-corrected chi connectivity index (χ1v) is 15.0. The molecule has 1 saturated carbocycles. The van der Waals surface area contributed by atoms with Gasteiger partial charge in [-0.25, -0.2) is 8.78 Å². The maximum atomic E-state index is 13.5. The van der Waals surface area contributed by atoms with E-state index in [4.69, 9.17) is 16.3 Å². The molecule has 0 spiro atoms. The first-order chi connectivity index (χ1) is 17.7. The van der Waals surface area contributed by atoms with Gasteiger partial charge >= 0.3 is 0 Å². The van der Waals surface area contributed by atoms with Crippen molar-refractivity contribution in [3.8, 4) is 0 Å². The van der Waals surface area contributed by atoms with Gasteiger partial charge in [0, 0.05) is 63.0 Å². The van der Waals surface area contributed by atoms with Gasteiger partial charge in [-0.05, 0) is 50.4 Å². The minimum Gasteiger partial charge on any atom is -0.380 e. The zero-order chi connectivity index (χ0) is 26.3. The van der Waals surface area contributed by atoms with E-state index in [0.29, 0.717) is 45.1 Å². The van der Waals surface area contributed by atoms with E-state index >= 15 is 0 Å². The number of halogens is 3. The summed E-state index contributed by atoms with van der Waals surface area (Å²) in [4.78, 5) is 28.2. The molecule has 4 N–H and O–H groups in total. The van der Waals surface area contributed by atoms with E-state index in [2.05, 4.69) is 28.2 Å². The number of nitrogens with one attached hydrogen (secondary N) is 4. The third-order valence-electron chi connectivity index (χ3n) is 9.14. The Bertz CT molecular complexity index is 826. The normalized spacial score (nSPS) is 43.9. The lowest BCUT2D eigenvalue weighted by Gasteiger charge is -2.45. The third kappa shape index (κ3) is 6.22. The summed E-state index contributed by atoms with van der Waals surface area (Å²) in [7, 11) is 1.73. The van der Waals surface area contributed by atoms with Crippen molar-refractivity contribution in [2.24, 2.45) is 29.6 Å². The van der Waals surface area contributed by atoms with Crippen LogP contribution in [0.15, 0.2) is 0 Å². The molecule has 0 aromatic carbocycles. The number of fused-ring (bicyclic) bond motifs is 1. The molecule has 5 rings (SSSR count). The molecule has 8 nitrogen and oxygen atoms in total. The van der Waals surface area contributed by atoms with Crippen LogP contribution in [0.25, 0.3) is 0 Å². The number of methoxy groups -OCH3 is 1. The molecule has 2 amide bonds. The van der Waals surface area contributed by atoms with E-state index in [9.17, 15) is 18.4 Å². The highest BCUT2D eigenvalue weighted by molar-refractivity contribution is 8.00. The van der Waals surface area contributed by atoms with Crippen LogP contribution in [0, 0.1) is 29.6 Å². The first kappa shape index (κ1) is 27.8. The van der Waals surface area contributed by atoms with Gasteiger partial charge < -0.3 is 20.3 Å². The Kier molecular flexibility index (Phi) is 8.87. The number of hydrogen-bond donors (Lipinski definition) is 4. The van der Waals surface area contributed by atoms with Gasteiger partial charge in [0.2, 0.25) is 18.2 Å². The average Bonchev–Trinajstić information content (AvgIpc) is 3.39. The molecule has 1 aliphatic carbocycles. The Hall–Kier alpha value is -0.720. The maximum absolute atomic E-state index is 13.5. The predicted molar refractivity (Wildman–Crippen MR) is 139 cm³/mol. The number of hydrogen-bond acceptors (Lipinski definition) is 7. The minimum absolute atomic E-state index is 0.0244. The summed E-state index contributed by atoms with van der Waals surface area (Å²) in [5, 5.41) is 13.7. The van der Waals surface area contributed by atoms with Crippen LogP contribution < -0.4 is 21.3 Å². The SMILES string of the molecule is COC1CNC(Cl)CC1C1CC(C)NCC1C(=O)NC1NC2CN(C(=O)C3CC(CC(F)F)C3)CC2S1. The summed E-state index contributed by atoms with van der Waals surface area (Å²) < 4.78 is 30.9. The predicted octanol–water partition coefficient (Wildman–Crippen LogP) is 1.79. The van der Waals surface area contributed by atoms with Gasteiger partial charge in [-0.15, -0.1) is 23.4 Å². The second kappa shape index (κ2) is 11.8. The molecule has 0 bridgehead atoms. The minimum atomic E-state index is -2.29. The zero-order valence-electron chi connectivity index (χ0n) is 21.5. The van der Waals surface area contributed by atoms with Crippen molar-refractivity contribution in [1.82, 2.24) is 26.2 Å². The Morgan fingerprint density at radius 2 is 1.92 bits per heavy atom. The van der Waals surface area contributed by atoms with E-state index in [1.54, 1.807) is 18.9 Å². The summed E-state index contributed by atoms with van der Waals surface area (Å²) >= 11 is 8.12. The number of rotatable bonds is 7. The molecule has 0 aromatic rings. The molecule has 210 valence electrons. The smallest absolute Gasteiger partial charge is 0.238 e. The van der Waals surface area contributed by atoms with Crippen LogP contribution in [-0.4, -0.2) is 90.9 Å². The number of nitrogens with zero attached hydrogens (tertiary/aromatic N) is 1. The van der Waals surface area contributed by atoms with Crippen molar-refractivity contribution in [3.05, 3.63) is 0 Å². The number of piperidine rings is 2. The topological polar surface area (TPSA) is 94.7 Å². The van der Waals surface area contributed by atoms with Gasteiger partial charge in [-0.3, -0.25) is 20.2 Å². The highest BCUT2D eigenvalue weighted by atomic mass is 35.5. The van der Waals surface area contributed by atoms with Crippen LogP contribution in [-0.2, 0) is 14.3 Å². The van der Waals surface area contributed by atoms with Crippen LogP contribution in [0.5, 0.6) is 0 Å². The molecule has 4 aliphatic heterocycles. The van der Waals surface area contributed by atoms with Crippen LogP contribution in [0.1, 0.15) is 39.0 Å². The van der Waals surface area contributed by atoms with E-state index in [1.165, 1.54) is 0 Å². The molecule has 0 aromatic heterocycles. The monoisotopic (exact) mass is 563 g/mol. The maximum Gasteiger partial charge on any atom is 0.238 e. The molecule has 5 aliphatic rings. The summed E-state index contributed by atoms with van der Waals surface area (Å²) in [6, 6.07) is 0.453. The lowest BCUT2D eigenvalue weighted by atomic mass is 9.70. The van der Waals surface area contributed by atoms with Crippen LogP contribution in [0.3, 0.4) is 0 Å². The summed E-state index contributed by atoms with van der Waals surface area (Å²) in [6.45, 7) is 4.72.